The Balaban J connectivity index is 1.98. The van der Waals surface area contributed by atoms with E-state index in [0.717, 1.165) is 6.29 Å². The lowest BCUT2D eigenvalue weighted by atomic mass is 10.1. The summed E-state index contributed by atoms with van der Waals surface area (Å²) >= 11 is 0. The van der Waals surface area contributed by atoms with E-state index in [2.05, 4.69) is 19.1 Å². The van der Waals surface area contributed by atoms with Crippen molar-refractivity contribution < 1.29 is 14.3 Å². The van der Waals surface area contributed by atoms with E-state index in [9.17, 15) is 4.79 Å². The van der Waals surface area contributed by atoms with Gasteiger partial charge in [0.25, 0.3) is 0 Å². The Morgan fingerprint density at radius 2 is 2.27 bits per heavy atom. The van der Waals surface area contributed by atoms with Crippen molar-refractivity contribution >= 4 is 6.29 Å². The van der Waals surface area contributed by atoms with E-state index in [1.165, 1.54) is 11.1 Å². The predicted molar refractivity (Wildman–Crippen MR) is 55.6 cm³/mol. The monoisotopic (exact) mass is 206 g/mol. The Morgan fingerprint density at radius 1 is 1.47 bits per heavy atom. The highest BCUT2D eigenvalue weighted by Gasteiger charge is 2.25. The first-order valence-corrected chi connectivity index (χ1v) is 5.06. The molecule has 3 nitrogen and oxygen atoms in total. The highest BCUT2D eigenvalue weighted by Crippen LogP contribution is 2.17. The van der Waals surface area contributed by atoms with E-state index in [1.54, 1.807) is 0 Å². The second kappa shape index (κ2) is 4.55. The summed E-state index contributed by atoms with van der Waals surface area (Å²) in [6, 6.07) is 8.11. The zero-order chi connectivity index (χ0) is 10.7. The standard InChI is InChI=1S/C12H14O3/c1-9-4-2-3-5-10(9)6-12-14-8-11(7-13)15-12/h2-5,7,11-12H,6,8H2,1H3. The Labute approximate surface area is 89.0 Å². The second-order valence-corrected chi connectivity index (χ2v) is 3.70. The largest absolute Gasteiger partial charge is 0.349 e. The van der Waals surface area contributed by atoms with Crippen LogP contribution in [0.5, 0.6) is 0 Å². The fraction of sp³-hybridized carbons (Fsp3) is 0.417. The molecule has 0 aliphatic carbocycles. The second-order valence-electron chi connectivity index (χ2n) is 3.70. The van der Waals surface area contributed by atoms with Gasteiger partial charge < -0.3 is 14.3 Å². The normalized spacial score (nSPS) is 25.4. The maximum absolute atomic E-state index is 10.5. The van der Waals surface area contributed by atoms with Gasteiger partial charge in [-0.1, -0.05) is 24.3 Å². The minimum absolute atomic E-state index is 0.277. The average molecular weight is 206 g/mol. The van der Waals surface area contributed by atoms with Crippen LogP contribution in [0.2, 0.25) is 0 Å². The van der Waals surface area contributed by atoms with Crippen molar-refractivity contribution in [3.05, 3.63) is 35.4 Å². The van der Waals surface area contributed by atoms with Gasteiger partial charge in [0.15, 0.2) is 12.6 Å². The molecule has 1 aliphatic rings. The number of benzene rings is 1. The first-order chi connectivity index (χ1) is 7.29. The lowest BCUT2D eigenvalue weighted by Gasteiger charge is -2.11. The maximum atomic E-state index is 10.5. The molecule has 1 saturated heterocycles. The minimum Gasteiger partial charge on any atom is -0.349 e. The molecule has 0 amide bonds. The quantitative estimate of drug-likeness (QED) is 0.703. The lowest BCUT2D eigenvalue weighted by molar-refractivity contribution is -0.119. The van der Waals surface area contributed by atoms with Crippen molar-refractivity contribution in [1.29, 1.82) is 0 Å². The summed E-state index contributed by atoms with van der Waals surface area (Å²) in [6.45, 7) is 2.43. The van der Waals surface area contributed by atoms with Crippen molar-refractivity contribution in [1.82, 2.24) is 0 Å². The molecule has 2 unspecified atom stereocenters. The average Bonchev–Trinajstić information content (AvgIpc) is 2.69. The molecule has 0 N–H and O–H groups in total. The Morgan fingerprint density at radius 3 is 2.93 bits per heavy atom. The van der Waals surface area contributed by atoms with Gasteiger partial charge >= 0.3 is 0 Å². The zero-order valence-electron chi connectivity index (χ0n) is 8.68. The number of carbonyl (C=O) groups excluding carboxylic acids is 1. The summed E-state index contributed by atoms with van der Waals surface area (Å²) in [5.41, 5.74) is 2.42. The molecule has 1 aromatic carbocycles. The Hall–Kier alpha value is -1.19. The van der Waals surface area contributed by atoms with Crippen molar-refractivity contribution in [2.75, 3.05) is 6.61 Å². The van der Waals surface area contributed by atoms with E-state index >= 15 is 0 Å². The molecule has 0 bridgehead atoms. The summed E-state index contributed by atoms with van der Waals surface area (Å²) in [6.07, 6.45) is 0.829. The smallest absolute Gasteiger partial charge is 0.162 e. The number of hydrogen-bond acceptors (Lipinski definition) is 3. The van der Waals surface area contributed by atoms with Crippen molar-refractivity contribution in [3.8, 4) is 0 Å². The lowest BCUT2D eigenvalue weighted by Crippen LogP contribution is -2.15. The topological polar surface area (TPSA) is 35.5 Å². The highest BCUT2D eigenvalue weighted by molar-refractivity contribution is 5.56. The van der Waals surface area contributed by atoms with Crippen LogP contribution in [0.25, 0.3) is 0 Å². The molecule has 80 valence electrons. The van der Waals surface area contributed by atoms with E-state index < -0.39 is 0 Å². The maximum Gasteiger partial charge on any atom is 0.162 e. The molecule has 0 aromatic heterocycles. The van der Waals surface area contributed by atoms with Gasteiger partial charge in [-0.3, -0.25) is 0 Å². The third-order valence-corrected chi connectivity index (χ3v) is 2.57. The van der Waals surface area contributed by atoms with Gasteiger partial charge in [-0.15, -0.1) is 0 Å². The molecular weight excluding hydrogens is 192 g/mol. The van der Waals surface area contributed by atoms with E-state index in [1.807, 2.05) is 12.1 Å². The van der Waals surface area contributed by atoms with Crippen LogP contribution in [0, 0.1) is 6.92 Å². The summed E-state index contributed by atoms with van der Waals surface area (Å²) < 4.78 is 10.7. The van der Waals surface area contributed by atoms with Crippen LogP contribution in [0.4, 0.5) is 0 Å². The van der Waals surface area contributed by atoms with Crippen molar-refractivity contribution in [3.63, 3.8) is 0 Å². The fourth-order valence-corrected chi connectivity index (χ4v) is 1.67. The molecule has 0 radical (unpaired) electrons. The number of carbonyl (C=O) groups is 1. The number of rotatable bonds is 3. The van der Waals surface area contributed by atoms with E-state index in [4.69, 9.17) is 9.47 Å². The summed E-state index contributed by atoms with van der Waals surface area (Å²) in [4.78, 5) is 10.5. The molecular formula is C12H14O3. The minimum atomic E-state index is -0.390. The van der Waals surface area contributed by atoms with Gasteiger partial charge in [-0.05, 0) is 18.1 Å². The molecule has 3 heteroatoms. The molecule has 1 fully saturated rings. The molecule has 15 heavy (non-hydrogen) atoms. The Bertz CT molecular complexity index is 348. The molecule has 0 spiro atoms. The van der Waals surface area contributed by atoms with Crippen LogP contribution < -0.4 is 0 Å². The number of hydrogen-bond donors (Lipinski definition) is 0. The third-order valence-electron chi connectivity index (χ3n) is 2.57. The van der Waals surface area contributed by atoms with Gasteiger partial charge in [-0.25, -0.2) is 0 Å². The fourth-order valence-electron chi connectivity index (χ4n) is 1.67. The van der Waals surface area contributed by atoms with Crippen LogP contribution in [-0.2, 0) is 20.7 Å². The molecule has 1 heterocycles. The zero-order valence-corrected chi connectivity index (χ0v) is 8.68. The number of aryl methyl sites for hydroxylation is 1. The first-order valence-electron chi connectivity index (χ1n) is 5.06. The van der Waals surface area contributed by atoms with Crippen molar-refractivity contribution in [2.45, 2.75) is 25.7 Å². The van der Waals surface area contributed by atoms with Crippen LogP contribution in [0.3, 0.4) is 0 Å². The summed E-state index contributed by atoms with van der Waals surface area (Å²) in [5, 5.41) is 0. The first kappa shape index (κ1) is 10.3. The van der Waals surface area contributed by atoms with Gasteiger partial charge in [-0.2, -0.15) is 0 Å². The SMILES string of the molecule is Cc1ccccc1CC1OCC(C=O)O1. The summed E-state index contributed by atoms with van der Waals surface area (Å²) in [5.74, 6) is 0. The molecule has 2 rings (SSSR count). The number of aldehydes is 1. The number of ether oxygens (including phenoxy) is 2. The Kier molecular flexibility index (Phi) is 3.14. The van der Waals surface area contributed by atoms with Gasteiger partial charge in [0.05, 0.1) is 6.61 Å². The van der Waals surface area contributed by atoms with Crippen LogP contribution >= 0.6 is 0 Å². The van der Waals surface area contributed by atoms with Crippen molar-refractivity contribution in [2.24, 2.45) is 0 Å². The van der Waals surface area contributed by atoms with Crippen LogP contribution in [0.15, 0.2) is 24.3 Å². The predicted octanol–water partition coefficient (Wildman–Crippen LogP) is 1.48. The van der Waals surface area contributed by atoms with Gasteiger partial charge in [0.2, 0.25) is 0 Å². The van der Waals surface area contributed by atoms with E-state index in [-0.39, 0.29) is 12.4 Å². The van der Waals surface area contributed by atoms with Gasteiger partial charge in [0, 0.05) is 6.42 Å². The molecule has 0 saturated carbocycles. The summed E-state index contributed by atoms with van der Waals surface area (Å²) in [7, 11) is 0. The van der Waals surface area contributed by atoms with Crippen LogP contribution in [0.1, 0.15) is 11.1 Å². The molecule has 1 aromatic rings. The van der Waals surface area contributed by atoms with Crippen LogP contribution in [-0.4, -0.2) is 25.3 Å². The molecule has 1 aliphatic heterocycles. The van der Waals surface area contributed by atoms with Gasteiger partial charge in [0.1, 0.15) is 6.10 Å². The van der Waals surface area contributed by atoms with E-state index in [0.29, 0.717) is 13.0 Å². The molecule has 2 atom stereocenters. The third kappa shape index (κ3) is 2.43. The highest BCUT2D eigenvalue weighted by atomic mass is 16.7.